The topological polar surface area (TPSA) is 63.6 Å². The Morgan fingerprint density at radius 1 is 0.514 bits per heavy atom. The summed E-state index contributed by atoms with van der Waals surface area (Å²) in [4.78, 5) is 23.1. The van der Waals surface area contributed by atoms with Crippen molar-refractivity contribution in [2.75, 3.05) is 0 Å². The fourth-order valence-corrected chi connectivity index (χ4v) is 4.77. The van der Waals surface area contributed by atoms with Crippen molar-refractivity contribution in [1.82, 2.24) is 0 Å². The van der Waals surface area contributed by atoms with Gasteiger partial charge in [-0.15, -0.1) is 0 Å². The first kappa shape index (κ1) is 33.9. The molecule has 0 aromatic carbocycles. The van der Waals surface area contributed by atoms with Crippen molar-refractivity contribution in [2.45, 2.75) is 187 Å². The van der Waals surface area contributed by atoms with E-state index in [-0.39, 0.29) is 18.5 Å². The highest BCUT2D eigenvalue weighted by molar-refractivity contribution is 5.69. The zero-order valence-corrected chi connectivity index (χ0v) is 23.6. The van der Waals surface area contributed by atoms with Gasteiger partial charge in [0.05, 0.1) is 0 Å². The number of aliphatic carboxylic acids is 1. The smallest absolute Gasteiger partial charge is 0.306 e. The Labute approximate surface area is 218 Å². The number of carbonyl (C=O) groups is 2. The summed E-state index contributed by atoms with van der Waals surface area (Å²) >= 11 is 0. The molecule has 0 aliphatic heterocycles. The molecule has 0 rings (SSSR count). The largest absolute Gasteiger partial charge is 0.481 e. The Bertz CT molecular complexity index is 463. The second kappa shape index (κ2) is 27.5. The molecule has 1 unspecified atom stereocenters. The lowest BCUT2D eigenvalue weighted by molar-refractivity contribution is -0.150. The molecule has 0 heterocycles. The van der Waals surface area contributed by atoms with Crippen LogP contribution in [0.5, 0.6) is 0 Å². The number of hydrogen-bond acceptors (Lipinski definition) is 3. The third-order valence-electron chi connectivity index (χ3n) is 7.08. The van der Waals surface area contributed by atoms with Gasteiger partial charge in [-0.2, -0.15) is 0 Å². The fourth-order valence-electron chi connectivity index (χ4n) is 4.77. The normalized spacial score (nSPS) is 12.1. The molecule has 0 fully saturated rings. The summed E-state index contributed by atoms with van der Waals surface area (Å²) in [6.07, 6.45) is 29.6. The van der Waals surface area contributed by atoms with Gasteiger partial charge in [0.25, 0.3) is 0 Å². The molecular weight excluding hydrogens is 436 g/mol. The predicted octanol–water partition coefficient (Wildman–Crippen LogP) is 10.2. The van der Waals surface area contributed by atoms with Crippen LogP contribution < -0.4 is 0 Å². The van der Waals surface area contributed by atoms with Gasteiger partial charge in [0.15, 0.2) is 0 Å². The minimum atomic E-state index is -0.743. The maximum absolute atomic E-state index is 12.4. The molecule has 1 N–H and O–H groups in total. The van der Waals surface area contributed by atoms with Crippen LogP contribution in [0.1, 0.15) is 181 Å². The fraction of sp³-hybridized carbons (Fsp3) is 0.935. The first-order valence-corrected chi connectivity index (χ1v) is 15.5. The van der Waals surface area contributed by atoms with Crippen molar-refractivity contribution in [3.05, 3.63) is 0 Å². The molecule has 0 saturated carbocycles. The molecule has 0 aromatic heterocycles. The Balaban J connectivity index is 3.85. The predicted molar refractivity (Wildman–Crippen MR) is 149 cm³/mol. The monoisotopic (exact) mass is 496 g/mol. The van der Waals surface area contributed by atoms with Gasteiger partial charge < -0.3 is 9.84 Å². The quantitative estimate of drug-likeness (QED) is 0.0864. The lowest BCUT2D eigenvalue weighted by Crippen LogP contribution is -2.18. The van der Waals surface area contributed by atoms with Crippen molar-refractivity contribution >= 4 is 11.9 Å². The average Bonchev–Trinajstić information content (AvgIpc) is 2.83. The second-order valence-electron chi connectivity index (χ2n) is 10.7. The summed E-state index contributed by atoms with van der Waals surface area (Å²) < 4.78 is 5.82. The highest BCUT2D eigenvalue weighted by Gasteiger charge is 2.14. The molecule has 0 bridgehead atoms. The Hall–Kier alpha value is -1.06. The van der Waals surface area contributed by atoms with Gasteiger partial charge >= 0.3 is 11.9 Å². The van der Waals surface area contributed by atoms with Crippen LogP contribution in [-0.2, 0) is 14.3 Å². The molecule has 0 saturated heterocycles. The van der Waals surface area contributed by atoms with E-state index in [9.17, 15) is 9.59 Å². The molecule has 208 valence electrons. The average molecular weight is 497 g/mol. The standard InChI is InChI=1S/C31H60O4/c1-3-5-7-9-11-12-13-14-15-16-18-20-22-28-31(34)35-29(26-23-24-27-30(32)33)25-21-19-17-10-8-6-4-2/h29H,3-28H2,1-2H3,(H,32,33). The number of carboxylic acids is 1. The highest BCUT2D eigenvalue weighted by Crippen LogP contribution is 2.18. The zero-order valence-electron chi connectivity index (χ0n) is 23.6. The number of carboxylic acid groups (broad SMARTS) is 1. The lowest BCUT2D eigenvalue weighted by atomic mass is 10.0. The summed E-state index contributed by atoms with van der Waals surface area (Å²) in [6, 6.07) is 0. The van der Waals surface area contributed by atoms with Crippen LogP contribution in [0.3, 0.4) is 0 Å². The van der Waals surface area contributed by atoms with E-state index in [1.165, 1.54) is 109 Å². The van der Waals surface area contributed by atoms with E-state index in [2.05, 4.69) is 13.8 Å². The number of unbranched alkanes of at least 4 members (excludes halogenated alkanes) is 19. The van der Waals surface area contributed by atoms with Crippen molar-refractivity contribution < 1.29 is 19.4 Å². The molecule has 0 aliphatic carbocycles. The number of ether oxygens (including phenoxy) is 1. The Morgan fingerprint density at radius 2 is 0.857 bits per heavy atom. The maximum atomic E-state index is 12.4. The van der Waals surface area contributed by atoms with Crippen molar-refractivity contribution in [3.8, 4) is 0 Å². The van der Waals surface area contributed by atoms with Gasteiger partial charge in [-0.1, -0.05) is 129 Å². The van der Waals surface area contributed by atoms with Crippen LogP contribution in [0.15, 0.2) is 0 Å². The summed E-state index contributed by atoms with van der Waals surface area (Å²) in [7, 11) is 0. The van der Waals surface area contributed by atoms with E-state index >= 15 is 0 Å². The molecule has 1 atom stereocenters. The second-order valence-corrected chi connectivity index (χ2v) is 10.7. The number of hydrogen-bond donors (Lipinski definition) is 1. The minimum absolute atomic E-state index is 0.0334. The third kappa shape index (κ3) is 27.4. The van der Waals surface area contributed by atoms with Crippen molar-refractivity contribution in [3.63, 3.8) is 0 Å². The SMILES string of the molecule is CCCCCCCCCCCCCCCC(=O)OC(CCCCCCCCC)CCCCC(=O)O. The molecular formula is C31H60O4. The molecule has 0 spiro atoms. The molecule has 4 nitrogen and oxygen atoms in total. The maximum Gasteiger partial charge on any atom is 0.306 e. The molecule has 0 aromatic rings. The highest BCUT2D eigenvalue weighted by atomic mass is 16.5. The first-order chi connectivity index (χ1) is 17.1. The van der Waals surface area contributed by atoms with Crippen LogP contribution in [0.4, 0.5) is 0 Å². The Morgan fingerprint density at radius 3 is 1.29 bits per heavy atom. The number of carbonyl (C=O) groups excluding carboxylic acids is 1. The zero-order chi connectivity index (χ0) is 25.8. The Kier molecular flexibility index (Phi) is 26.7. The van der Waals surface area contributed by atoms with Gasteiger partial charge in [-0.25, -0.2) is 0 Å². The number of rotatable bonds is 28. The van der Waals surface area contributed by atoms with Gasteiger partial charge in [0.2, 0.25) is 0 Å². The van der Waals surface area contributed by atoms with E-state index in [0.29, 0.717) is 12.8 Å². The molecule has 0 aliphatic rings. The van der Waals surface area contributed by atoms with E-state index in [0.717, 1.165) is 38.5 Å². The summed E-state index contributed by atoms with van der Waals surface area (Å²) in [5, 5.41) is 8.85. The molecule has 0 amide bonds. The van der Waals surface area contributed by atoms with Gasteiger partial charge in [0.1, 0.15) is 6.10 Å². The van der Waals surface area contributed by atoms with Gasteiger partial charge in [0, 0.05) is 12.8 Å². The van der Waals surface area contributed by atoms with Crippen LogP contribution >= 0.6 is 0 Å². The van der Waals surface area contributed by atoms with E-state index in [4.69, 9.17) is 9.84 Å². The number of esters is 1. The minimum Gasteiger partial charge on any atom is -0.481 e. The van der Waals surface area contributed by atoms with Crippen molar-refractivity contribution in [1.29, 1.82) is 0 Å². The van der Waals surface area contributed by atoms with Crippen LogP contribution in [-0.4, -0.2) is 23.1 Å². The third-order valence-corrected chi connectivity index (χ3v) is 7.08. The molecule has 35 heavy (non-hydrogen) atoms. The van der Waals surface area contributed by atoms with Crippen LogP contribution in [0, 0.1) is 0 Å². The molecule has 0 radical (unpaired) electrons. The van der Waals surface area contributed by atoms with Crippen molar-refractivity contribution in [2.24, 2.45) is 0 Å². The lowest BCUT2D eigenvalue weighted by Gasteiger charge is -2.18. The summed E-state index contributed by atoms with van der Waals surface area (Å²) in [5.41, 5.74) is 0. The van der Waals surface area contributed by atoms with Crippen LogP contribution in [0.2, 0.25) is 0 Å². The van der Waals surface area contributed by atoms with Gasteiger partial charge in [-0.05, 0) is 38.5 Å². The van der Waals surface area contributed by atoms with E-state index in [1.807, 2.05) is 0 Å². The molecule has 4 heteroatoms. The van der Waals surface area contributed by atoms with E-state index in [1.54, 1.807) is 0 Å². The van der Waals surface area contributed by atoms with Gasteiger partial charge in [-0.3, -0.25) is 9.59 Å². The van der Waals surface area contributed by atoms with E-state index < -0.39 is 5.97 Å². The summed E-state index contributed by atoms with van der Waals surface area (Å²) in [6.45, 7) is 4.51. The first-order valence-electron chi connectivity index (χ1n) is 15.5. The summed E-state index contributed by atoms with van der Waals surface area (Å²) in [5.74, 6) is -0.799. The van der Waals surface area contributed by atoms with Crippen LogP contribution in [0.25, 0.3) is 0 Å².